The van der Waals surface area contributed by atoms with Crippen LogP contribution < -0.4 is 9.86 Å². The van der Waals surface area contributed by atoms with Crippen molar-refractivity contribution < 1.29 is 22.4 Å². The Labute approximate surface area is 86.4 Å². The summed E-state index contributed by atoms with van der Waals surface area (Å²) in [5.41, 5.74) is 0. The van der Waals surface area contributed by atoms with Crippen LogP contribution in [0.2, 0.25) is 0 Å². The molecule has 0 amide bonds. The minimum absolute atomic E-state index is 0.00344. The number of furan rings is 1. The Morgan fingerprint density at radius 3 is 2.80 bits per heavy atom. The summed E-state index contributed by atoms with van der Waals surface area (Å²) in [4.78, 5) is 10.9. The van der Waals surface area contributed by atoms with Crippen molar-refractivity contribution in [3.63, 3.8) is 0 Å². The van der Waals surface area contributed by atoms with E-state index in [1.54, 1.807) is 0 Å². The Balaban J connectivity index is 2.65. The largest absolute Gasteiger partial charge is 0.463 e. The van der Waals surface area contributed by atoms with E-state index in [9.17, 15) is 13.2 Å². The first kappa shape index (κ1) is 11.7. The van der Waals surface area contributed by atoms with Crippen molar-refractivity contribution in [1.29, 1.82) is 0 Å². The third-order valence-corrected chi connectivity index (χ3v) is 2.04. The van der Waals surface area contributed by atoms with E-state index in [2.05, 4.69) is 4.74 Å². The van der Waals surface area contributed by atoms with Crippen molar-refractivity contribution in [3.8, 4) is 0 Å². The molecule has 8 heteroatoms. The molecule has 0 fully saturated rings. The van der Waals surface area contributed by atoms with E-state index in [4.69, 9.17) is 9.56 Å². The van der Waals surface area contributed by atoms with Crippen LogP contribution in [0.25, 0.3) is 0 Å². The van der Waals surface area contributed by atoms with Gasteiger partial charge in [-0.05, 0) is 12.1 Å². The van der Waals surface area contributed by atoms with Crippen LogP contribution in [0.15, 0.2) is 16.5 Å². The molecular formula is C7H10N2O5S. The lowest BCUT2D eigenvalue weighted by molar-refractivity contribution is 0.0563. The van der Waals surface area contributed by atoms with Crippen LogP contribution >= 0.6 is 0 Å². The van der Waals surface area contributed by atoms with Crippen LogP contribution in [0, 0.1) is 0 Å². The molecule has 0 radical (unpaired) electrons. The van der Waals surface area contributed by atoms with Crippen molar-refractivity contribution >= 4 is 16.2 Å². The number of nitrogens with one attached hydrogen (secondary N) is 1. The summed E-state index contributed by atoms with van der Waals surface area (Å²) in [6.45, 7) is -0.115. The maximum Gasteiger partial charge on any atom is 0.373 e. The number of hydrogen-bond donors (Lipinski definition) is 2. The number of carbonyl (C=O) groups excluding carboxylic acids is 1. The van der Waals surface area contributed by atoms with Crippen molar-refractivity contribution in [2.45, 2.75) is 6.54 Å². The maximum absolute atomic E-state index is 10.9. The molecule has 1 aromatic rings. The molecule has 7 nitrogen and oxygen atoms in total. The average Bonchev–Trinajstić information content (AvgIpc) is 2.61. The Morgan fingerprint density at radius 2 is 2.27 bits per heavy atom. The summed E-state index contributed by atoms with van der Waals surface area (Å²) in [5.74, 6) is -0.356. The van der Waals surface area contributed by atoms with E-state index in [-0.39, 0.29) is 18.1 Å². The van der Waals surface area contributed by atoms with E-state index >= 15 is 0 Å². The van der Waals surface area contributed by atoms with Crippen LogP contribution in [-0.4, -0.2) is 21.5 Å². The Kier molecular flexibility index (Phi) is 3.45. The fourth-order valence-corrected chi connectivity index (χ4v) is 1.20. The van der Waals surface area contributed by atoms with Gasteiger partial charge >= 0.3 is 5.97 Å². The van der Waals surface area contributed by atoms with E-state index < -0.39 is 16.2 Å². The highest BCUT2D eigenvalue weighted by Crippen LogP contribution is 2.08. The summed E-state index contributed by atoms with van der Waals surface area (Å²) in [7, 11) is -2.55. The quantitative estimate of drug-likeness (QED) is 0.673. The highest BCUT2D eigenvalue weighted by molar-refractivity contribution is 7.87. The van der Waals surface area contributed by atoms with Gasteiger partial charge in [-0.15, -0.1) is 0 Å². The van der Waals surface area contributed by atoms with Crippen LogP contribution in [0.5, 0.6) is 0 Å². The normalized spacial score (nSPS) is 11.3. The fourth-order valence-electron chi connectivity index (χ4n) is 0.855. The van der Waals surface area contributed by atoms with Crippen molar-refractivity contribution in [1.82, 2.24) is 4.72 Å². The molecule has 1 rings (SSSR count). The number of carbonyl (C=O) groups is 1. The molecule has 0 bridgehead atoms. The maximum atomic E-state index is 10.9. The topological polar surface area (TPSA) is 112 Å². The lowest BCUT2D eigenvalue weighted by atomic mass is 10.4. The minimum Gasteiger partial charge on any atom is -0.463 e. The molecule has 0 aliphatic rings. The Morgan fingerprint density at radius 1 is 1.60 bits per heavy atom. The minimum atomic E-state index is -3.77. The standard InChI is InChI=1S/C7H10N2O5S/c1-13-7(10)6-3-2-5(14-6)4-9-15(8,11)12/h2-3,9H,4H2,1H3,(H2,8,11,12). The van der Waals surface area contributed by atoms with Crippen LogP contribution in [0.4, 0.5) is 0 Å². The van der Waals surface area contributed by atoms with Gasteiger partial charge in [-0.1, -0.05) is 0 Å². The molecule has 0 saturated carbocycles. The van der Waals surface area contributed by atoms with Gasteiger partial charge in [-0.25, -0.2) is 9.93 Å². The first-order chi connectivity index (χ1) is 6.92. The summed E-state index contributed by atoms with van der Waals surface area (Å²) in [6, 6.07) is 2.83. The molecular weight excluding hydrogens is 224 g/mol. The van der Waals surface area contributed by atoms with Gasteiger partial charge in [0.15, 0.2) is 0 Å². The molecule has 0 aliphatic heterocycles. The predicted octanol–water partition coefficient (Wildman–Crippen LogP) is -0.641. The second-order valence-electron chi connectivity index (χ2n) is 2.62. The first-order valence-corrected chi connectivity index (χ1v) is 5.41. The summed E-state index contributed by atoms with van der Waals surface area (Å²) in [5, 5.41) is 4.70. The molecule has 0 unspecified atom stereocenters. The van der Waals surface area contributed by atoms with E-state index in [0.29, 0.717) is 0 Å². The molecule has 15 heavy (non-hydrogen) atoms. The second kappa shape index (κ2) is 4.43. The Bertz CT molecular complexity index is 450. The van der Waals surface area contributed by atoms with Crippen molar-refractivity contribution in [2.24, 2.45) is 5.14 Å². The molecule has 0 aromatic carbocycles. The third kappa shape index (κ3) is 3.70. The zero-order valence-corrected chi connectivity index (χ0v) is 8.71. The van der Waals surface area contributed by atoms with Gasteiger partial charge in [0.1, 0.15) is 5.76 Å². The third-order valence-electron chi connectivity index (χ3n) is 1.50. The van der Waals surface area contributed by atoms with E-state index in [1.807, 2.05) is 4.72 Å². The number of esters is 1. The van der Waals surface area contributed by atoms with Gasteiger partial charge in [0.25, 0.3) is 10.2 Å². The number of nitrogens with two attached hydrogens (primary N) is 1. The monoisotopic (exact) mass is 234 g/mol. The van der Waals surface area contributed by atoms with Crippen molar-refractivity contribution in [2.75, 3.05) is 7.11 Å². The Hall–Kier alpha value is -1.38. The van der Waals surface area contributed by atoms with Crippen LogP contribution in [0.1, 0.15) is 16.3 Å². The SMILES string of the molecule is COC(=O)c1ccc(CNS(N)(=O)=O)o1. The first-order valence-electron chi connectivity index (χ1n) is 3.87. The zero-order valence-electron chi connectivity index (χ0n) is 7.89. The number of hydrogen-bond acceptors (Lipinski definition) is 5. The average molecular weight is 234 g/mol. The van der Waals surface area contributed by atoms with E-state index in [0.717, 1.165) is 0 Å². The molecule has 1 heterocycles. The molecule has 0 atom stereocenters. The molecule has 0 spiro atoms. The smallest absolute Gasteiger partial charge is 0.373 e. The molecule has 0 saturated heterocycles. The van der Waals surface area contributed by atoms with E-state index in [1.165, 1.54) is 19.2 Å². The number of rotatable bonds is 4. The highest BCUT2D eigenvalue weighted by Gasteiger charge is 2.11. The molecule has 3 N–H and O–H groups in total. The van der Waals surface area contributed by atoms with Crippen molar-refractivity contribution in [3.05, 3.63) is 23.7 Å². The van der Waals surface area contributed by atoms with Gasteiger partial charge in [0.05, 0.1) is 13.7 Å². The number of methoxy groups -OCH3 is 1. The number of ether oxygens (including phenoxy) is 1. The predicted molar refractivity (Wildman–Crippen MR) is 50.0 cm³/mol. The highest BCUT2D eigenvalue weighted by atomic mass is 32.2. The van der Waals surface area contributed by atoms with Gasteiger partial charge in [0, 0.05) is 0 Å². The van der Waals surface area contributed by atoms with Crippen LogP contribution in [0.3, 0.4) is 0 Å². The zero-order chi connectivity index (χ0) is 11.5. The van der Waals surface area contributed by atoms with Crippen LogP contribution in [-0.2, 0) is 21.5 Å². The van der Waals surface area contributed by atoms with Gasteiger partial charge in [-0.2, -0.15) is 13.1 Å². The molecule has 0 aliphatic carbocycles. The fraction of sp³-hybridized carbons (Fsp3) is 0.286. The lowest BCUT2D eigenvalue weighted by Crippen LogP contribution is -2.30. The second-order valence-corrected chi connectivity index (χ2v) is 4.00. The summed E-state index contributed by atoms with van der Waals surface area (Å²) < 4.78 is 32.5. The van der Waals surface area contributed by atoms with Gasteiger partial charge < -0.3 is 9.15 Å². The summed E-state index contributed by atoms with van der Waals surface area (Å²) >= 11 is 0. The van der Waals surface area contributed by atoms with Gasteiger partial charge in [0.2, 0.25) is 5.76 Å². The lowest BCUT2D eigenvalue weighted by Gasteiger charge is -1.98. The molecule has 84 valence electrons. The van der Waals surface area contributed by atoms with Gasteiger partial charge in [-0.3, -0.25) is 0 Å². The molecule has 1 aromatic heterocycles. The summed E-state index contributed by atoms with van der Waals surface area (Å²) in [6.07, 6.45) is 0.